The SMILES string of the molecule is CC(C)Nc1nc2cc(Cl)c(Cl)cc2nc1S(=O)(=O)Cc1cc(F)cc2c1OCOC2. The van der Waals surface area contributed by atoms with Gasteiger partial charge in [-0.3, -0.25) is 0 Å². The minimum Gasteiger partial charge on any atom is -0.467 e. The first-order chi connectivity index (χ1) is 14.6. The van der Waals surface area contributed by atoms with E-state index in [-0.39, 0.29) is 51.4 Å². The van der Waals surface area contributed by atoms with Crippen LogP contribution in [0.1, 0.15) is 25.0 Å². The number of hydrogen-bond acceptors (Lipinski definition) is 7. The Kier molecular flexibility index (Phi) is 5.95. The van der Waals surface area contributed by atoms with Crippen molar-refractivity contribution in [3.63, 3.8) is 0 Å². The Labute approximate surface area is 188 Å². The van der Waals surface area contributed by atoms with Gasteiger partial charge in [-0.1, -0.05) is 23.2 Å². The normalized spacial score (nSPS) is 13.9. The molecule has 0 amide bonds. The lowest BCUT2D eigenvalue weighted by Gasteiger charge is -2.21. The summed E-state index contributed by atoms with van der Waals surface area (Å²) in [7, 11) is -4.05. The summed E-state index contributed by atoms with van der Waals surface area (Å²) in [6.07, 6.45) is 0. The van der Waals surface area contributed by atoms with Crippen LogP contribution in [-0.4, -0.2) is 31.2 Å². The molecule has 0 fully saturated rings. The van der Waals surface area contributed by atoms with Gasteiger partial charge >= 0.3 is 0 Å². The highest BCUT2D eigenvalue weighted by Crippen LogP contribution is 2.34. The maximum absolute atomic E-state index is 14.1. The highest BCUT2D eigenvalue weighted by atomic mass is 35.5. The largest absolute Gasteiger partial charge is 0.467 e. The van der Waals surface area contributed by atoms with E-state index >= 15 is 0 Å². The number of nitrogens with zero attached hydrogens (tertiary/aromatic N) is 2. The second kappa shape index (κ2) is 8.38. The van der Waals surface area contributed by atoms with E-state index in [0.29, 0.717) is 16.8 Å². The third-order valence-corrected chi connectivity index (χ3v) is 6.78. The summed E-state index contributed by atoms with van der Waals surface area (Å²) < 4.78 is 51.5. The van der Waals surface area contributed by atoms with Crippen LogP contribution in [0.25, 0.3) is 11.0 Å². The van der Waals surface area contributed by atoms with Gasteiger partial charge in [-0.25, -0.2) is 22.8 Å². The van der Waals surface area contributed by atoms with Crippen LogP contribution in [0.3, 0.4) is 0 Å². The monoisotopic (exact) mass is 485 g/mol. The fourth-order valence-corrected chi connectivity index (χ4v) is 4.97. The summed E-state index contributed by atoms with van der Waals surface area (Å²) in [4.78, 5) is 8.73. The molecule has 11 heteroatoms. The lowest BCUT2D eigenvalue weighted by molar-refractivity contribution is -0.0171. The van der Waals surface area contributed by atoms with Crippen LogP contribution in [0.5, 0.6) is 5.75 Å². The van der Waals surface area contributed by atoms with Crippen molar-refractivity contribution in [3.8, 4) is 5.75 Å². The molecule has 31 heavy (non-hydrogen) atoms. The Morgan fingerprint density at radius 3 is 2.48 bits per heavy atom. The average Bonchev–Trinajstić information content (AvgIpc) is 2.68. The molecule has 1 N–H and O–H groups in total. The molecule has 2 aromatic carbocycles. The predicted octanol–water partition coefficient (Wildman–Crippen LogP) is 4.74. The van der Waals surface area contributed by atoms with E-state index in [1.807, 2.05) is 13.8 Å². The maximum atomic E-state index is 14.1. The zero-order chi connectivity index (χ0) is 22.3. The number of anilines is 1. The van der Waals surface area contributed by atoms with Gasteiger partial charge in [-0.2, -0.15) is 0 Å². The fraction of sp³-hybridized carbons (Fsp3) is 0.300. The number of benzene rings is 2. The molecule has 4 rings (SSSR count). The molecule has 0 saturated carbocycles. The number of fused-ring (bicyclic) bond motifs is 2. The number of sulfone groups is 1. The van der Waals surface area contributed by atoms with Gasteiger partial charge in [0.05, 0.1) is 33.4 Å². The van der Waals surface area contributed by atoms with Crippen LogP contribution < -0.4 is 10.1 Å². The number of nitrogens with one attached hydrogen (secondary N) is 1. The first kappa shape index (κ1) is 22.0. The molecule has 3 aromatic rings. The molecule has 0 atom stereocenters. The maximum Gasteiger partial charge on any atom is 0.203 e. The number of rotatable bonds is 5. The molecule has 0 bridgehead atoms. The molecule has 1 aromatic heterocycles. The van der Waals surface area contributed by atoms with Gasteiger partial charge < -0.3 is 14.8 Å². The van der Waals surface area contributed by atoms with Gasteiger partial charge in [-0.15, -0.1) is 0 Å². The summed E-state index contributed by atoms with van der Waals surface area (Å²) >= 11 is 12.1. The molecule has 164 valence electrons. The minimum atomic E-state index is -4.05. The van der Waals surface area contributed by atoms with Gasteiger partial charge in [0.15, 0.2) is 17.6 Å². The molecule has 0 spiro atoms. The molecule has 0 aliphatic carbocycles. The van der Waals surface area contributed by atoms with E-state index in [4.69, 9.17) is 32.7 Å². The Morgan fingerprint density at radius 1 is 1.13 bits per heavy atom. The molecule has 1 aliphatic heterocycles. The number of aromatic nitrogens is 2. The van der Waals surface area contributed by atoms with Gasteiger partial charge in [-0.05, 0) is 38.1 Å². The van der Waals surface area contributed by atoms with Crippen molar-refractivity contribution in [2.24, 2.45) is 0 Å². The second-order valence-corrected chi connectivity index (χ2v) is 10.1. The molecule has 0 saturated heterocycles. The van der Waals surface area contributed by atoms with E-state index in [2.05, 4.69) is 15.3 Å². The standard InChI is InChI=1S/C20H18Cl2FN3O4S/c1-10(2)24-19-20(26-17-6-15(22)14(21)5-16(17)25-19)31(27,28)8-12-4-13(23)3-11-7-29-9-30-18(11)12/h3-6,10H,7-9H2,1-2H3,(H,24,25). The summed E-state index contributed by atoms with van der Waals surface area (Å²) in [5.41, 5.74) is 1.29. The number of hydrogen-bond donors (Lipinski definition) is 1. The lowest BCUT2D eigenvalue weighted by atomic mass is 10.1. The van der Waals surface area contributed by atoms with Crippen LogP contribution in [0.15, 0.2) is 29.3 Å². The molecule has 0 unspecified atom stereocenters. The van der Waals surface area contributed by atoms with Crippen molar-refractivity contribution in [2.75, 3.05) is 12.1 Å². The summed E-state index contributed by atoms with van der Waals surface area (Å²) in [6, 6.07) is 5.26. The summed E-state index contributed by atoms with van der Waals surface area (Å²) in [5.74, 6) is -0.723. The van der Waals surface area contributed by atoms with Crippen LogP contribution in [0.2, 0.25) is 10.0 Å². The molecular formula is C20H18Cl2FN3O4S. The average molecular weight is 486 g/mol. The Bertz CT molecular complexity index is 1290. The van der Waals surface area contributed by atoms with Crippen molar-refractivity contribution in [2.45, 2.75) is 37.3 Å². The van der Waals surface area contributed by atoms with Crippen LogP contribution >= 0.6 is 23.2 Å². The third-order valence-electron chi connectivity index (χ3n) is 4.49. The van der Waals surface area contributed by atoms with Crippen LogP contribution in [-0.2, 0) is 26.9 Å². The van der Waals surface area contributed by atoms with Crippen molar-refractivity contribution in [1.29, 1.82) is 0 Å². The van der Waals surface area contributed by atoms with Gasteiger partial charge in [0.25, 0.3) is 0 Å². The molecule has 0 radical (unpaired) electrons. The predicted molar refractivity (Wildman–Crippen MR) is 116 cm³/mol. The van der Waals surface area contributed by atoms with E-state index in [1.165, 1.54) is 18.2 Å². The summed E-state index contributed by atoms with van der Waals surface area (Å²) in [6.45, 7) is 3.78. The first-order valence-electron chi connectivity index (χ1n) is 9.32. The number of ether oxygens (including phenoxy) is 2. The molecule has 2 heterocycles. The highest BCUT2D eigenvalue weighted by molar-refractivity contribution is 7.90. The van der Waals surface area contributed by atoms with Gasteiger partial charge in [0.1, 0.15) is 11.6 Å². The van der Waals surface area contributed by atoms with Gasteiger partial charge in [0, 0.05) is 17.2 Å². The van der Waals surface area contributed by atoms with Crippen molar-refractivity contribution < 1.29 is 22.3 Å². The van der Waals surface area contributed by atoms with E-state index in [9.17, 15) is 12.8 Å². The molecular weight excluding hydrogens is 468 g/mol. The molecule has 1 aliphatic rings. The molecule has 7 nitrogen and oxygen atoms in total. The first-order valence-corrected chi connectivity index (χ1v) is 11.7. The van der Waals surface area contributed by atoms with Crippen molar-refractivity contribution in [3.05, 3.63) is 51.3 Å². The smallest absolute Gasteiger partial charge is 0.203 e. The quantitative estimate of drug-likeness (QED) is 0.557. The topological polar surface area (TPSA) is 90.4 Å². The van der Waals surface area contributed by atoms with Gasteiger partial charge in [0.2, 0.25) is 9.84 Å². The lowest BCUT2D eigenvalue weighted by Crippen LogP contribution is -2.19. The van der Waals surface area contributed by atoms with E-state index in [1.54, 1.807) is 0 Å². The number of halogens is 3. The van der Waals surface area contributed by atoms with Crippen molar-refractivity contribution in [1.82, 2.24) is 9.97 Å². The Balaban J connectivity index is 1.85. The van der Waals surface area contributed by atoms with Crippen LogP contribution in [0, 0.1) is 5.82 Å². The fourth-order valence-electron chi connectivity index (χ4n) is 3.26. The third kappa shape index (κ3) is 4.55. The van der Waals surface area contributed by atoms with E-state index in [0.717, 1.165) is 6.07 Å². The Morgan fingerprint density at radius 2 is 1.81 bits per heavy atom. The van der Waals surface area contributed by atoms with Crippen LogP contribution in [0.4, 0.5) is 10.2 Å². The van der Waals surface area contributed by atoms with E-state index < -0.39 is 21.4 Å². The zero-order valence-electron chi connectivity index (χ0n) is 16.6. The zero-order valence-corrected chi connectivity index (χ0v) is 18.9. The highest BCUT2D eigenvalue weighted by Gasteiger charge is 2.28. The summed E-state index contributed by atoms with van der Waals surface area (Å²) in [5, 5.41) is 3.25. The minimum absolute atomic E-state index is 0.0408. The second-order valence-electron chi connectivity index (χ2n) is 7.35. The Hall–Kier alpha value is -2.20. The van der Waals surface area contributed by atoms with Crippen molar-refractivity contribution >= 4 is 49.9 Å².